The number of hydrogen-bond acceptors (Lipinski definition) is 3. The van der Waals surface area contributed by atoms with E-state index in [1.54, 1.807) is 0 Å². The summed E-state index contributed by atoms with van der Waals surface area (Å²) in [6.45, 7) is 5.93. The van der Waals surface area contributed by atoms with Gasteiger partial charge in [-0.15, -0.1) is 0 Å². The fourth-order valence-corrected chi connectivity index (χ4v) is 2.34. The van der Waals surface area contributed by atoms with Crippen LogP contribution in [0.4, 0.5) is 0 Å². The molecule has 1 rings (SSSR count). The minimum absolute atomic E-state index is 0.480. The SMILES string of the molecule is CSCCCOc1ccc(Br)cc1CNC(C)C. The number of ether oxygens (including phenoxy) is 1. The monoisotopic (exact) mass is 331 g/mol. The molecular weight excluding hydrogens is 310 g/mol. The van der Waals surface area contributed by atoms with Crippen LogP contribution in [-0.2, 0) is 6.54 Å². The van der Waals surface area contributed by atoms with E-state index in [2.05, 4.69) is 47.4 Å². The van der Waals surface area contributed by atoms with Crippen molar-refractivity contribution in [2.45, 2.75) is 32.9 Å². The van der Waals surface area contributed by atoms with Gasteiger partial charge in [-0.2, -0.15) is 11.8 Å². The second-order valence-corrected chi connectivity index (χ2v) is 6.38. The molecule has 18 heavy (non-hydrogen) atoms. The normalized spacial score (nSPS) is 10.9. The van der Waals surface area contributed by atoms with Crippen LogP contribution in [0.5, 0.6) is 5.75 Å². The third kappa shape index (κ3) is 6.12. The van der Waals surface area contributed by atoms with Crippen molar-refractivity contribution in [2.75, 3.05) is 18.6 Å². The van der Waals surface area contributed by atoms with Crippen LogP contribution in [0, 0.1) is 0 Å². The Morgan fingerprint density at radius 1 is 1.39 bits per heavy atom. The molecule has 0 fully saturated rings. The lowest BCUT2D eigenvalue weighted by Gasteiger charge is -2.14. The van der Waals surface area contributed by atoms with Crippen molar-refractivity contribution in [3.63, 3.8) is 0 Å². The van der Waals surface area contributed by atoms with Gasteiger partial charge in [0.2, 0.25) is 0 Å². The van der Waals surface area contributed by atoms with E-state index in [0.29, 0.717) is 6.04 Å². The van der Waals surface area contributed by atoms with Gasteiger partial charge in [0.05, 0.1) is 6.61 Å². The summed E-state index contributed by atoms with van der Waals surface area (Å²) in [4.78, 5) is 0. The molecule has 0 saturated carbocycles. The largest absolute Gasteiger partial charge is 0.493 e. The quantitative estimate of drug-likeness (QED) is 0.725. The van der Waals surface area contributed by atoms with Gasteiger partial charge in [0.15, 0.2) is 0 Å². The van der Waals surface area contributed by atoms with E-state index in [1.807, 2.05) is 23.9 Å². The lowest BCUT2D eigenvalue weighted by atomic mass is 10.2. The zero-order valence-corrected chi connectivity index (χ0v) is 13.7. The number of rotatable bonds is 8. The Kier molecular flexibility index (Phi) is 7.79. The molecule has 0 aliphatic carbocycles. The van der Waals surface area contributed by atoms with E-state index in [9.17, 15) is 0 Å². The highest BCUT2D eigenvalue weighted by atomic mass is 79.9. The van der Waals surface area contributed by atoms with Crippen molar-refractivity contribution in [3.8, 4) is 5.75 Å². The minimum atomic E-state index is 0.480. The first kappa shape index (κ1) is 15.9. The Balaban J connectivity index is 2.58. The van der Waals surface area contributed by atoms with Crippen molar-refractivity contribution in [1.29, 1.82) is 0 Å². The summed E-state index contributed by atoms with van der Waals surface area (Å²) in [5.74, 6) is 2.14. The van der Waals surface area contributed by atoms with Crippen LogP contribution >= 0.6 is 27.7 Å². The Labute approximate surface area is 123 Å². The van der Waals surface area contributed by atoms with Crippen molar-refractivity contribution in [1.82, 2.24) is 5.32 Å². The summed E-state index contributed by atoms with van der Waals surface area (Å²) in [5.41, 5.74) is 1.21. The third-order valence-electron chi connectivity index (χ3n) is 2.47. The van der Waals surface area contributed by atoms with Gasteiger partial charge in [0.25, 0.3) is 0 Å². The third-order valence-corrected chi connectivity index (χ3v) is 3.66. The Bertz CT molecular complexity index is 358. The Hall–Kier alpha value is -0.190. The zero-order valence-electron chi connectivity index (χ0n) is 11.3. The molecule has 0 bridgehead atoms. The van der Waals surface area contributed by atoms with E-state index in [-0.39, 0.29) is 0 Å². The molecule has 2 nitrogen and oxygen atoms in total. The van der Waals surface area contributed by atoms with Crippen molar-refractivity contribution in [2.24, 2.45) is 0 Å². The average molecular weight is 332 g/mol. The molecule has 0 aliphatic heterocycles. The molecule has 0 saturated heterocycles. The van der Waals surface area contributed by atoms with E-state index < -0.39 is 0 Å². The maximum absolute atomic E-state index is 5.85. The van der Waals surface area contributed by atoms with Gasteiger partial charge < -0.3 is 10.1 Å². The predicted molar refractivity (Wildman–Crippen MR) is 84.6 cm³/mol. The van der Waals surface area contributed by atoms with Gasteiger partial charge in [-0.05, 0) is 36.6 Å². The maximum Gasteiger partial charge on any atom is 0.123 e. The molecule has 0 spiro atoms. The van der Waals surface area contributed by atoms with E-state index >= 15 is 0 Å². The molecule has 4 heteroatoms. The molecular formula is C14H22BrNOS. The van der Waals surface area contributed by atoms with E-state index in [0.717, 1.165) is 35.5 Å². The van der Waals surface area contributed by atoms with Crippen molar-refractivity contribution in [3.05, 3.63) is 28.2 Å². The first-order valence-electron chi connectivity index (χ1n) is 6.27. The van der Waals surface area contributed by atoms with E-state index in [1.165, 1.54) is 5.56 Å². The second kappa shape index (κ2) is 8.83. The van der Waals surface area contributed by atoms with Crippen LogP contribution in [-0.4, -0.2) is 24.7 Å². The summed E-state index contributed by atoms with van der Waals surface area (Å²) in [6.07, 6.45) is 3.21. The van der Waals surface area contributed by atoms with Gasteiger partial charge in [-0.1, -0.05) is 29.8 Å². The molecule has 0 amide bonds. The predicted octanol–water partition coefficient (Wildman–Crippen LogP) is 4.08. The fraction of sp³-hybridized carbons (Fsp3) is 0.571. The fourth-order valence-electron chi connectivity index (χ4n) is 1.53. The van der Waals surface area contributed by atoms with Crippen LogP contribution in [0.1, 0.15) is 25.8 Å². The summed E-state index contributed by atoms with van der Waals surface area (Å²) >= 11 is 5.37. The number of halogens is 1. The highest BCUT2D eigenvalue weighted by molar-refractivity contribution is 9.10. The molecule has 0 aliphatic rings. The van der Waals surface area contributed by atoms with Crippen LogP contribution < -0.4 is 10.1 Å². The minimum Gasteiger partial charge on any atom is -0.493 e. The van der Waals surface area contributed by atoms with Crippen LogP contribution in [0.3, 0.4) is 0 Å². The molecule has 1 aromatic rings. The highest BCUT2D eigenvalue weighted by Gasteiger charge is 2.05. The lowest BCUT2D eigenvalue weighted by Crippen LogP contribution is -2.22. The number of nitrogens with one attached hydrogen (secondary N) is 1. The summed E-state index contributed by atoms with van der Waals surface area (Å²) in [7, 11) is 0. The van der Waals surface area contributed by atoms with Gasteiger partial charge in [-0.25, -0.2) is 0 Å². The van der Waals surface area contributed by atoms with Gasteiger partial charge in [0.1, 0.15) is 5.75 Å². The maximum atomic E-state index is 5.85. The zero-order chi connectivity index (χ0) is 13.4. The van der Waals surface area contributed by atoms with E-state index in [4.69, 9.17) is 4.74 Å². The first-order chi connectivity index (χ1) is 8.63. The van der Waals surface area contributed by atoms with Crippen LogP contribution in [0.2, 0.25) is 0 Å². The summed E-state index contributed by atoms with van der Waals surface area (Å²) in [6, 6.07) is 6.68. The first-order valence-corrected chi connectivity index (χ1v) is 8.45. The molecule has 0 aromatic heterocycles. The standard InChI is InChI=1S/C14H22BrNOS/c1-11(2)16-10-12-9-13(15)5-6-14(12)17-7-4-8-18-3/h5-6,9,11,16H,4,7-8,10H2,1-3H3. The number of benzene rings is 1. The van der Waals surface area contributed by atoms with Crippen molar-refractivity contribution < 1.29 is 4.74 Å². The summed E-state index contributed by atoms with van der Waals surface area (Å²) < 4.78 is 6.95. The van der Waals surface area contributed by atoms with Crippen molar-refractivity contribution >= 4 is 27.7 Å². The topological polar surface area (TPSA) is 21.3 Å². The van der Waals surface area contributed by atoms with Gasteiger partial charge in [-0.3, -0.25) is 0 Å². The molecule has 0 atom stereocenters. The lowest BCUT2D eigenvalue weighted by molar-refractivity contribution is 0.314. The summed E-state index contributed by atoms with van der Waals surface area (Å²) in [5, 5.41) is 3.43. The van der Waals surface area contributed by atoms with Gasteiger partial charge in [0, 0.05) is 22.6 Å². The molecule has 102 valence electrons. The second-order valence-electron chi connectivity index (χ2n) is 4.48. The molecule has 1 N–H and O–H groups in total. The van der Waals surface area contributed by atoms with Crippen LogP contribution in [0.15, 0.2) is 22.7 Å². The molecule has 0 unspecified atom stereocenters. The average Bonchev–Trinajstić information content (AvgIpc) is 2.34. The highest BCUT2D eigenvalue weighted by Crippen LogP contribution is 2.23. The van der Waals surface area contributed by atoms with Crippen LogP contribution in [0.25, 0.3) is 0 Å². The molecule has 0 radical (unpaired) electrons. The number of hydrogen-bond donors (Lipinski definition) is 1. The molecule has 0 heterocycles. The Morgan fingerprint density at radius 3 is 2.83 bits per heavy atom. The Morgan fingerprint density at radius 2 is 2.17 bits per heavy atom. The molecule has 1 aromatic carbocycles. The van der Waals surface area contributed by atoms with Gasteiger partial charge >= 0.3 is 0 Å². The smallest absolute Gasteiger partial charge is 0.123 e. The number of thioether (sulfide) groups is 1.